The van der Waals surface area contributed by atoms with E-state index in [0.29, 0.717) is 12.1 Å². The molecule has 98 valence electrons. The molecule has 1 aromatic carbocycles. The third-order valence-corrected chi connectivity index (χ3v) is 1.83. The SMILES string of the molecule is CCOC(=O)COc1c(F)cc(F)cc1[N+](=O)[O-]. The lowest BCUT2D eigenvalue weighted by Gasteiger charge is -2.07. The van der Waals surface area contributed by atoms with Crippen molar-refractivity contribution < 1.29 is 28.0 Å². The molecule has 0 spiro atoms. The molecular formula is C10H9F2NO5. The topological polar surface area (TPSA) is 78.7 Å². The summed E-state index contributed by atoms with van der Waals surface area (Å²) in [5.74, 6) is -3.97. The molecule has 0 aliphatic rings. The molecule has 0 fully saturated rings. The molecule has 0 aromatic heterocycles. The number of carbonyl (C=O) groups excluding carboxylic acids is 1. The molecule has 1 rings (SSSR count). The fraction of sp³-hybridized carbons (Fsp3) is 0.300. The smallest absolute Gasteiger partial charge is 0.344 e. The fourth-order valence-electron chi connectivity index (χ4n) is 1.16. The molecule has 6 nitrogen and oxygen atoms in total. The van der Waals surface area contributed by atoms with Crippen molar-refractivity contribution in [2.24, 2.45) is 0 Å². The van der Waals surface area contributed by atoms with E-state index in [1.165, 1.54) is 0 Å². The van der Waals surface area contributed by atoms with E-state index in [9.17, 15) is 23.7 Å². The van der Waals surface area contributed by atoms with Gasteiger partial charge in [-0.05, 0) is 6.92 Å². The molecular weight excluding hydrogens is 252 g/mol. The Hall–Kier alpha value is -2.25. The number of rotatable bonds is 5. The van der Waals surface area contributed by atoms with Crippen LogP contribution in [-0.2, 0) is 9.53 Å². The largest absolute Gasteiger partial charge is 0.473 e. The Labute approximate surface area is 100 Å². The van der Waals surface area contributed by atoms with Crippen LogP contribution < -0.4 is 4.74 Å². The summed E-state index contributed by atoms with van der Waals surface area (Å²) in [6.45, 7) is 0.951. The van der Waals surface area contributed by atoms with Crippen molar-refractivity contribution in [3.05, 3.63) is 33.9 Å². The van der Waals surface area contributed by atoms with Crippen molar-refractivity contribution in [3.63, 3.8) is 0 Å². The van der Waals surface area contributed by atoms with Crippen molar-refractivity contribution in [2.45, 2.75) is 6.92 Å². The first-order chi connectivity index (χ1) is 8.45. The minimum atomic E-state index is -1.26. The van der Waals surface area contributed by atoms with Crippen molar-refractivity contribution in [1.82, 2.24) is 0 Å². The minimum Gasteiger partial charge on any atom is -0.473 e. The molecule has 0 aliphatic carbocycles. The van der Waals surface area contributed by atoms with Crippen molar-refractivity contribution in [3.8, 4) is 5.75 Å². The highest BCUT2D eigenvalue weighted by Crippen LogP contribution is 2.30. The molecule has 0 heterocycles. The fourth-order valence-corrected chi connectivity index (χ4v) is 1.16. The summed E-state index contributed by atoms with van der Waals surface area (Å²) in [5.41, 5.74) is -0.892. The maximum absolute atomic E-state index is 13.3. The summed E-state index contributed by atoms with van der Waals surface area (Å²) in [6.07, 6.45) is 0. The molecule has 0 radical (unpaired) electrons. The first-order valence-electron chi connectivity index (χ1n) is 4.87. The van der Waals surface area contributed by atoms with Crippen molar-refractivity contribution in [1.29, 1.82) is 0 Å². The van der Waals surface area contributed by atoms with Gasteiger partial charge in [-0.1, -0.05) is 0 Å². The quantitative estimate of drug-likeness (QED) is 0.459. The Balaban J connectivity index is 2.93. The Morgan fingerprint density at radius 2 is 2.11 bits per heavy atom. The number of ether oxygens (including phenoxy) is 2. The number of hydrogen-bond donors (Lipinski definition) is 0. The summed E-state index contributed by atoms with van der Waals surface area (Å²) >= 11 is 0. The van der Waals surface area contributed by atoms with E-state index >= 15 is 0 Å². The van der Waals surface area contributed by atoms with Crippen molar-refractivity contribution in [2.75, 3.05) is 13.2 Å². The number of nitro benzene ring substituents is 1. The van der Waals surface area contributed by atoms with Crippen LogP contribution in [0.1, 0.15) is 6.92 Å². The van der Waals surface area contributed by atoms with Crippen LogP contribution >= 0.6 is 0 Å². The Morgan fingerprint density at radius 3 is 2.67 bits per heavy atom. The second-order valence-electron chi connectivity index (χ2n) is 3.09. The van der Waals surface area contributed by atoms with Gasteiger partial charge in [-0.3, -0.25) is 10.1 Å². The first-order valence-corrected chi connectivity index (χ1v) is 4.87. The van der Waals surface area contributed by atoms with Gasteiger partial charge in [0.05, 0.1) is 17.6 Å². The van der Waals surface area contributed by atoms with Crippen LogP contribution in [0.3, 0.4) is 0 Å². The molecule has 18 heavy (non-hydrogen) atoms. The van der Waals surface area contributed by atoms with E-state index in [1.807, 2.05) is 0 Å². The Bertz CT molecular complexity index is 478. The number of esters is 1. The van der Waals surface area contributed by atoms with Gasteiger partial charge in [0.1, 0.15) is 5.82 Å². The lowest BCUT2D eigenvalue weighted by atomic mass is 10.2. The Morgan fingerprint density at radius 1 is 1.44 bits per heavy atom. The standard InChI is InChI=1S/C10H9F2NO5/c1-2-17-9(14)5-18-10-7(12)3-6(11)4-8(10)13(15)16/h3-4H,2,5H2,1H3. The maximum Gasteiger partial charge on any atom is 0.344 e. The molecule has 0 amide bonds. The number of nitrogens with zero attached hydrogens (tertiary/aromatic N) is 1. The molecule has 0 aliphatic heterocycles. The summed E-state index contributed by atoms with van der Waals surface area (Å²) in [6, 6.07) is 0.928. The normalized spacial score (nSPS) is 9.94. The lowest BCUT2D eigenvalue weighted by Crippen LogP contribution is -2.15. The molecule has 0 saturated carbocycles. The van der Waals surface area contributed by atoms with Gasteiger partial charge >= 0.3 is 11.7 Å². The third kappa shape index (κ3) is 3.37. The summed E-state index contributed by atoms with van der Waals surface area (Å²) < 4.78 is 35.2. The predicted molar refractivity (Wildman–Crippen MR) is 55.1 cm³/mol. The molecule has 0 bridgehead atoms. The summed E-state index contributed by atoms with van der Waals surface area (Å²) in [7, 11) is 0. The van der Waals surface area contributed by atoms with Gasteiger partial charge in [-0.25, -0.2) is 13.6 Å². The van der Waals surface area contributed by atoms with Crippen LogP contribution in [0, 0.1) is 21.7 Å². The van der Waals surface area contributed by atoms with Crippen LogP contribution in [-0.4, -0.2) is 24.1 Å². The van der Waals surface area contributed by atoms with Crippen LogP contribution in [0.2, 0.25) is 0 Å². The van der Waals surface area contributed by atoms with Crippen LogP contribution in [0.4, 0.5) is 14.5 Å². The highest BCUT2D eigenvalue weighted by atomic mass is 19.1. The summed E-state index contributed by atoms with van der Waals surface area (Å²) in [4.78, 5) is 20.5. The molecule has 8 heteroatoms. The zero-order valence-electron chi connectivity index (χ0n) is 9.31. The van der Waals surface area contributed by atoms with Gasteiger partial charge in [0.2, 0.25) is 5.75 Å². The average molecular weight is 261 g/mol. The van der Waals surface area contributed by atoms with Gasteiger partial charge in [0.25, 0.3) is 0 Å². The number of halogens is 2. The number of hydrogen-bond acceptors (Lipinski definition) is 5. The minimum absolute atomic E-state index is 0.0934. The van der Waals surface area contributed by atoms with Gasteiger partial charge in [-0.15, -0.1) is 0 Å². The summed E-state index contributed by atoms with van der Waals surface area (Å²) in [5, 5.41) is 10.6. The molecule has 0 atom stereocenters. The zero-order chi connectivity index (χ0) is 13.7. The van der Waals surface area contributed by atoms with E-state index in [4.69, 9.17) is 0 Å². The highest BCUT2D eigenvalue weighted by Gasteiger charge is 2.23. The number of nitro groups is 1. The Kier molecular flexibility index (Phi) is 4.52. The lowest BCUT2D eigenvalue weighted by molar-refractivity contribution is -0.386. The van der Waals surface area contributed by atoms with E-state index in [2.05, 4.69) is 9.47 Å². The molecule has 0 N–H and O–H groups in total. The van der Waals surface area contributed by atoms with E-state index in [-0.39, 0.29) is 6.61 Å². The maximum atomic E-state index is 13.3. The average Bonchev–Trinajstić information content (AvgIpc) is 2.27. The van der Waals surface area contributed by atoms with Gasteiger partial charge < -0.3 is 9.47 Å². The number of carbonyl (C=O) groups is 1. The van der Waals surface area contributed by atoms with E-state index in [1.54, 1.807) is 6.92 Å². The second kappa shape index (κ2) is 5.89. The van der Waals surface area contributed by atoms with Crippen LogP contribution in [0.15, 0.2) is 12.1 Å². The van der Waals surface area contributed by atoms with E-state index in [0.717, 1.165) is 0 Å². The van der Waals surface area contributed by atoms with Crippen molar-refractivity contribution >= 4 is 11.7 Å². The molecule has 0 saturated heterocycles. The highest BCUT2D eigenvalue weighted by molar-refractivity contribution is 5.71. The van der Waals surface area contributed by atoms with Crippen LogP contribution in [0.5, 0.6) is 5.75 Å². The monoisotopic (exact) mass is 261 g/mol. The predicted octanol–water partition coefficient (Wildman–Crippen LogP) is 1.81. The second-order valence-corrected chi connectivity index (χ2v) is 3.09. The van der Waals surface area contributed by atoms with Gasteiger partial charge in [0, 0.05) is 6.07 Å². The zero-order valence-corrected chi connectivity index (χ0v) is 9.31. The van der Waals surface area contributed by atoms with Crippen LogP contribution in [0.25, 0.3) is 0 Å². The molecule has 1 aromatic rings. The van der Waals surface area contributed by atoms with Gasteiger partial charge in [0.15, 0.2) is 12.4 Å². The van der Waals surface area contributed by atoms with E-state index < -0.39 is 40.6 Å². The first kappa shape index (κ1) is 13.8. The number of benzene rings is 1. The van der Waals surface area contributed by atoms with Gasteiger partial charge in [-0.2, -0.15) is 0 Å². The molecule has 0 unspecified atom stereocenters. The third-order valence-electron chi connectivity index (χ3n) is 1.83.